The molecule has 0 spiro atoms. The van der Waals surface area contributed by atoms with Gasteiger partial charge in [0.25, 0.3) is 0 Å². The minimum Gasteiger partial charge on any atom is -0.325 e. The second-order valence-corrected chi connectivity index (χ2v) is 8.01. The second-order valence-electron chi connectivity index (χ2n) is 5.97. The van der Waals surface area contributed by atoms with E-state index in [4.69, 9.17) is 23.2 Å². The molecule has 1 atom stereocenters. The van der Waals surface area contributed by atoms with Crippen LogP contribution >= 0.6 is 35.0 Å². The van der Waals surface area contributed by atoms with Gasteiger partial charge in [0, 0.05) is 28.7 Å². The van der Waals surface area contributed by atoms with Gasteiger partial charge in [-0.05, 0) is 48.5 Å². The third-order valence-electron chi connectivity index (χ3n) is 3.91. The van der Waals surface area contributed by atoms with Gasteiger partial charge >= 0.3 is 0 Å². The standard InChI is InChI=1S/C20H17Cl2N3O2S/c1-2-11-25-18(26)12-17(19(27)23-15-7-3-13(21)4-8-15)28-20(25)24-16-9-5-14(22)6-10-16/h2-10,17H,1,11-12H2,(H,23,27)/t17-/m1/s1. The molecule has 28 heavy (non-hydrogen) atoms. The number of amides is 2. The van der Waals surface area contributed by atoms with Crippen molar-refractivity contribution in [1.82, 2.24) is 4.90 Å². The van der Waals surface area contributed by atoms with Crippen molar-refractivity contribution < 1.29 is 9.59 Å². The van der Waals surface area contributed by atoms with Crippen LogP contribution in [0.1, 0.15) is 6.42 Å². The summed E-state index contributed by atoms with van der Waals surface area (Å²) in [4.78, 5) is 31.4. The van der Waals surface area contributed by atoms with Crippen LogP contribution in [0.4, 0.5) is 11.4 Å². The number of carbonyl (C=O) groups excluding carboxylic acids is 2. The van der Waals surface area contributed by atoms with Gasteiger partial charge < -0.3 is 5.32 Å². The van der Waals surface area contributed by atoms with Gasteiger partial charge in [-0.15, -0.1) is 6.58 Å². The normalized spacial score (nSPS) is 18.2. The van der Waals surface area contributed by atoms with Gasteiger partial charge in [0.2, 0.25) is 11.8 Å². The summed E-state index contributed by atoms with van der Waals surface area (Å²) >= 11 is 13.0. The number of amidine groups is 1. The molecule has 0 aliphatic carbocycles. The lowest BCUT2D eigenvalue weighted by molar-refractivity contribution is -0.129. The summed E-state index contributed by atoms with van der Waals surface area (Å²) in [6.45, 7) is 4.02. The predicted octanol–water partition coefficient (Wildman–Crippen LogP) is 5.14. The maximum Gasteiger partial charge on any atom is 0.238 e. The first kappa shape index (κ1) is 20.5. The Bertz CT molecular complexity index is 914. The Morgan fingerprint density at radius 1 is 1.18 bits per heavy atom. The first-order chi connectivity index (χ1) is 13.5. The van der Waals surface area contributed by atoms with E-state index in [9.17, 15) is 9.59 Å². The van der Waals surface area contributed by atoms with E-state index in [0.717, 1.165) is 0 Å². The zero-order valence-corrected chi connectivity index (χ0v) is 17.1. The van der Waals surface area contributed by atoms with Crippen LogP contribution in [0.2, 0.25) is 10.0 Å². The predicted molar refractivity (Wildman–Crippen MR) is 117 cm³/mol. The lowest BCUT2D eigenvalue weighted by atomic mass is 10.2. The molecule has 1 fully saturated rings. The highest BCUT2D eigenvalue weighted by atomic mass is 35.5. The lowest BCUT2D eigenvalue weighted by Gasteiger charge is -2.31. The van der Waals surface area contributed by atoms with Crippen LogP contribution < -0.4 is 5.32 Å². The van der Waals surface area contributed by atoms with Crippen molar-refractivity contribution >= 4 is 63.3 Å². The Labute approximate surface area is 177 Å². The van der Waals surface area contributed by atoms with E-state index in [1.165, 1.54) is 16.7 Å². The van der Waals surface area contributed by atoms with E-state index < -0.39 is 5.25 Å². The van der Waals surface area contributed by atoms with E-state index in [2.05, 4.69) is 16.9 Å². The first-order valence-corrected chi connectivity index (χ1v) is 10.1. The number of carbonyl (C=O) groups is 2. The number of nitrogens with zero attached hydrogens (tertiary/aromatic N) is 2. The van der Waals surface area contributed by atoms with Gasteiger partial charge in [0.15, 0.2) is 5.17 Å². The monoisotopic (exact) mass is 433 g/mol. The maximum absolute atomic E-state index is 12.7. The van der Waals surface area contributed by atoms with Crippen molar-refractivity contribution in [2.24, 2.45) is 4.99 Å². The van der Waals surface area contributed by atoms with Crippen LogP contribution in [0.15, 0.2) is 66.2 Å². The Hall–Kier alpha value is -2.28. The van der Waals surface area contributed by atoms with Crippen molar-refractivity contribution in [1.29, 1.82) is 0 Å². The minimum absolute atomic E-state index is 0.0809. The second kappa shape index (κ2) is 9.28. The van der Waals surface area contributed by atoms with Crippen molar-refractivity contribution in [3.05, 3.63) is 71.2 Å². The fraction of sp³-hybridized carbons (Fsp3) is 0.150. The van der Waals surface area contributed by atoms with Crippen LogP contribution in [0, 0.1) is 0 Å². The zero-order chi connectivity index (χ0) is 20.1. The molecule has 1 N–H and O–H groups in total. The van der Waals surface area contributed by atoms with E-state index in [1.807, 2.05) is 0 Å². The molecule has 5 nitrogen and oxygen atoms in total. The molecule has 1 aliphatic rings. The van der Waals surface area contributed by atoms with Gasteiger partial charge in [0.05, 0.1) is 5.69 Å². The van der Waals surface area contributed by atoms with Crippen LogP contribution in [-0.2, 0) is 9.59 Å². The average Bonchev–Trinajstić information content (AvgIpc) is 2.68. The fourth-order valence-corrected chi connectivity index (χ4v) is 3.89. The molecule has 8 heteroatoms. The molecule has 2 aromatic carbocycles. The highest BCUT2D eigenvalue weighted by Crippen LogP contribution is 2.30. The Morgan fingerprint density at radius 2 is 1.79 bits per heavy atom. The molecule has 2 amide bonds. The molecule has 0 unspecified atom stereocenters. The summed E-state index contributed by atoms with van der Waals surface area (Å²) in [6, 6.07) is 13.8. The molecule has 1 aliphatic heterocycles. The van der Waals surface area contributed by atoms with Crippen molar-refractivity contribution in [3.8, 4) is 0 Å². The quantitative estimate of drug-likeness (QED) is 0.663. The number of thioether (sulfide) groups is 1. The van der Waals surface area contributed by atoms with E-state index >= 15 is 0 Å². The van der Waals surface area contributed by atoms with Crippen LogP contribution in [-0.4, -0.2) is 33.7 Å². The molecule has 0 saturated carbocycles. The van der Waals surface area contributed by atoms with E-state index in [-0.39, 0.29) is 18.2 Å². The fourth-order valence-electron chi connectivity index (χ4n) is 2.53. The van der Waals surface area contributed by atoms with Gasteiger partial charge in [-0.2, -0.15) is 0 Å². The van der Waals surface area contributed by atoms with Crippen LogP contribution in [0.5, 0.6) is 0 Å². The number of halogens is 2. The Kier molecular flexibility index (Phi) is 6.78. The van der Waals surface area contributed by atoms with Crippen molar-refractivity contribution in [2.45, 2.75) is 11.7 Å². The highest BCUT2D eigenvalue weighted by molar-refractivity contribution is 8.15. The molecule has 0 radical (unpaired) electrons. The summed E-state index contributed by atoms with van der Waals surface area (Å²) < 4.78 is 0. The molecular formula is C20H17Cl2N3O2S. The Balaban J connectivity index is 1.81. The van der Waals surface area contributed by atoms with Crippen LogP contribution in [0.3, 0.4) is 0 Å². The summed E-state index contributed by atoms with van der Waals surface area (Å²) in [5.74, 6) is -0.439. The SMILES string of the molecule is C=CCN1C(=O)C[C@H](C(=O)Nc2ccc(Cl)cc2)SC1=Nc1ccc(Cl)cc1. The summed E-state index contributed by atoms with van der Waals surface area (Å²) in [5.41, 5.74) is 1.26. The van der Waals surface area contributed by atoms with Gasteiger partial charge in [-0.3, -0.25) is 14.5 Å². The topological polar surface area (TPSA) is 61.8 Å². The number of hydrogen-bond acceptors (Lipinski definition) is 4. The largest absolute Gasteiger partial charge is 0.325 e. The van der Waals surface area contributed by atoms with E-state index in [1.54, 1.807) is 54.6 Å². The molecule has 0 bridgehead atoms. The van der Waals surface area contributed by atoms with Crippen molar-refractivity contribution in [2.75, 3.05) is 11.9 Å². The van der Waals surface area contributed by atoms with Crippen LogP contribution in [0.25, 0.3) is 0 Å². The number of hydrogen-bond donors (Lipinski definition) is 1. The molecule has 3 rings (SSSR count). The molecule has 1 heterocycles. The summed E-state index contributed by atoms with van der Waals surface area (Å²) in [7, 11) is 0. The Morgan fingerprint density at radius 3 is 2.39 bits per heavy atom. The maximum atomic E-state index is 12.7. The minimum atomic E-state index is -0.588. The first-order valence-electron chi connectivity index (χ1n) is 8.45. The number of aliphatic imine (C=N–C) groups is 1. The number of rotatable bonds is 5. The zero-order valence-electron chi connectivity index (χ0n) is 14.8. The highest BCUT2D eigenvalue weighted by Gasteiger charge is 2.35. The molecule has 144 valence electrons. The molecule has 2 aromatic rings. The molecular weight excluding hydrogens is 417 g/mol. The third kappa shape index (κ3) is 5.16. The van der Waals surface area contributed by atoms with Gasteiger partial charge in [-0.1, -0.05) is 41.0 Å². The summed E-state index contributed by atoms with van der Waals surface area (Å²) in [5, 5.41) is 3.86. The lowest BCUT2D eigenvalue weighted by Crippen LogP contribution is -2.45. The summed E-state index contributed by atoms with van der Waals surface area (Å²) in [6.07, 6.45) is 1.71. The van der Waals surface area contributed by atoms with Gasteiger partial charge in [-0.25, -0.2) is 4.99 Å². The molecule has 1 saturated heterocycles. The number of anilines is 1. The third-order valence-corrected chi connectivity index (χ3v) is 5.60. The van der Waals surface area contributed by atoms with E-state index in [0.29, 0.717) is 33.1 Å². The van der Waals surface area contributed by atoms with Gasteiger partial charge in [0.1, 0.15) is 5.25 Å². The molecule has 0 aromatic heterocycles. The number of benzene rings is 2. The number of nitrogens with one attached hydrogen (secondary N) is 1. The average molecular weight is 434 g/mol. The van der Waals surface area contributed by atoms with Crippen molar-refractivity contribution in [3.63, 3.8) is 0 Å². The smallest absolute Gasteiger partial charge is 0.238 e.